The van der Waals surface area contributed by atoms with Crippen LogP contribution in [0.25, 0.3) is 0 Å². The number of Topliss-reactive ketones (excluding diaryl/α,β-unsaturated/α-hetero) is 1. The molecule has 2 amide bonds. The Morgan fingerprint density at radius 1 is 1.00 bits per heavy atom. The van der Waals surface area contributed by atoms with Crippen LogP contribution in [0.4, 0.5) is 17.2 Å². The van der Waals surface area contributed by atoms with Gasteiger partial charge in [0.2, 0.25) is 11.8 Å². The van der Waals surface area contributed by atoms with E-state index in [1.165, 1.54) is 11.8 Å². The summed E-state index contributed by atoms with van der Waals surface area (Å²) in [6, 6.07) is 19.6. The zero-order chi connectivity index (χ0) is 21.8. The second-order valence-corrected chi connectivity index (χ2v) is 7.11. The number of fused-ring (bicyclic) bond motifs is 1. The van der Waals surface area contributed by atoms with E-state index in [2.05, 4.69) is 15.3 Å². The van der Waals surface area contributed by atoms with Crippen molar-refractivity contribution in [1.29, 1.82) is 0 Å². The molecule has 0 spiro atoms. The maximum atomic E-state index is 13.1. The molecule has 1 aliphatic rings. The van der Waals surface area contributed by atoms with Gasteiger partial charge >= 0.3 is 0 Å². The van der Waals surface area contributed by atoms with Gasteiger partial charge in [-0.25, -0.2) is 9.98 Å². The third-order valence-electron chi connectivity index (χ3n) is 4.88. The first kappa shape index (κ1) is 20.2. The number of anilines is 2. The number of hydrogen-bond acceptors (Lipinski definition) is 5. The van der Waals surface area contributed by atoms with E-state index < -0.39 is 0 Å². The quantitative estimate of drug-likeness (QED) is 0.646. The summed E-state index contributed by atoms with van der Waals surface area (Å²) in [5, 5.41) is 2.76. The lowest BCUT2D eigenvalue weighted by Gasteiger charge is -2.20. The molecule has 7 heteroatoms. The molecule has 1 N–H and O–H groups in total. The van der Waals surface area contributed by atoms with Gasteiger partial charge in [0.05, 0.1) is 12.1 Å². The van der Waals surface area contributed by atoms with Crippen molar-refractivity contribution in [3.8, 4) is 0 Å². The van der Waals surface area contributed by atoms with Crippen molar-refractivity contribution in [1.82, 2.24) is 4.98 Å². The average molecular weight is 412 g/mol. The van der Waals surface area contributed by atoms with Gasteiger partial charge in [-0.3, -0.25) is 19.3 Å². The number of hydrogen-bond donors (Lipinski definition) is 1. The van der Waals surface area contributed by atoms with E-state index in [0.717, 1.165) is 5.56 Å². The Bertz CT molecular complexity index is 1170. The Morgan fingerprint density at radius 3 is 2.45 bits per heavy atom. The zero-order valence-electron chi connectivity index (χ0n) is 16.9. The number of nitrogens with one attached hydrogen (secondary N) is 1. The standard InChI is InChI=1S/C24H20N4O3/c1-16(29)17-9-11-19(12-10-17)26-22(30)15-28-23(31)14-21(18-6-3-2-4-7-18)27-20-8-5-13-25-24(20)28/h2-13H,14-15H2,1H3,(H,26,30). The molecule has 0 unspecified atom stereocenters. The molecule has 3 aromatic rings. The average Bonchev–Trinajstić information content (AvgIpc) is 2.91. The van der Waals surface area contributed by atoms with Gasteiger partial charge in [0.25, 0.3) is 0 Å². The monoisotopic (exact) mass is 412 g/mol. The predicted molar refractivity (Wildman–Crippen MR) is 119 cm³/mol. The van der Waals surface area contributed by atoms with Crippen LogP contribution in [-0.2, 0) is 9.59 Å². The van der Waals surface area contributed by atoms with Crippen LogP contribution >= 0.6 is 0 Å². The summed E-state index contributed by atoms with van der Waals surface area (Å²) in [7, 11) is 0. The fourth-order valence-electron chi connectivity index (χ4n) is 3.32. The number of aliphatic imine (C=N–C) groups is 1. The van der Waals surface area contributed by atoms with Crippen LogP contribution in [0.15, 0.2) is 77.9 Å². The molecule has 0 radical (unpaired) electrons. The van der Waals surface area contributed by atoms with Crippen LogP contribution in [0, 0.1) is 0 Å². The molecule has 7 nitrogen and oxygen atoms in total. The first-order valence-corrected chi connectivity index (χ1v) is 9.80. The molecule has 1 aliphatic heterocycles. The van der Waals surface area contributed by atoms with E-state index in [4.69, 9.17) is 0 Å². The van der Waals surface area contributed by atoms with Gasteiger partial charge in [0, 0.05) is 17.4 Å². The van der Waals surface area contributed by atoms with E-state index >= 15 is 0 Å². The highest BCUT2D eigenvalue weighted by molar-refractivity contribution is 6.18. The number of ketones is 1. The summed E-state index contributed by atoms with van der Waals surface area (Å²) in [6.45, 7) is 1.28. The van der Waals surface area contributed by atoms with Crippen molar-refractivity contribution in [2.45, 2.75) is 13.3 Å². The number of amides is 2. The lowest BCUT2D eigenvalue weighted by molar-refractivity contribution is -0.120. The van der Waals surface area contributed by atoms with Crippen LogP contribution in [-0.4, -0.2) is 34.8 Å². The number of nitrogens with zero attached hydrogens (tertiary/aromatic N) is 3. The molecule has 0 bridgehead atoms. The van der Waals surface area contributed by atoms with Gasteiger partial charge in [-0.1, -0.05) is 30.3 Å². The SMILES string of the molecule is CC(=O)c1ccc(NC(=O)CN2C(=O)CC(c3ccccc3)=Nc3cccnc32)cc1. The molecule has 2 aromatic carbocycles. The van der Waals surface area contributed by atoms with Crippen LogP contribution in [0.3, 0.4) is 0 Å². The normalized spacial score (nSPS) is 13.1. The maximum absolute atomic E-state index is 13.1. The maximum Gasteiger partial charge on any atom is 0.244 e. The second-order valence-electron chi connectivity index (χ2n) is 7.11. The third-order valence-corrected chi connectivity index (χ3v) is 4.88. The van der Waals surface area contributed by atoms with Gasteiger partial charge in [-0.2, -0.15) is 0 Å². The number of carbonyl (C=O) groups excluding carboxylic acids is 3. The Morgan fingerprint density at radius 2 is 1.74 bits per heavy atom. The van der Waals surface area contributed by atoms with Crippen molar-refractivity contribution >= 4 is 40.5 Å². The predicted octanol–water partition coefficient (Wildman–Crippen LogP) is 3.78. The van der Waals surface area contributed by atoms with Gasteiger partial charge in [-0.05, 0) is 48.9 Å². The molecule has 0 aliphatic carbocycles. The van der Waals surface area contributed by atoms with Crippen molar-refractivity contribution in [3.63, 3.8) is 0 Å². The summed E-state index contributed by atoms with van der Waals surface area (Å²) in [5.41, 5.74) is 3.11. The highest BCUT2D eigenvalue weighted by Crippen LogP contribution is 2.30. The van der Waals surface area contributed by atoms with Crippen molar-refractivity contribution in [3.05, 3.63) is 84.1 Å². The van der Waals surface area contributed by atoms with Gasteiger partial charge < -0.3 is 5.32 Å². The molecule has 0 saturated carbocycles. The highest BCUT2D eigenvalue weighted by atomic mass is 16.2. The first-order valence-electron chi connectivity index (χ1n) is 9.80. The molecule has 0 atom stereocenters. The summed E-state index contributed by atoms with van der Waals surface area (Å²) in [6.07, 6.45) is 1.63. The fraction of sp³-hybridized carbons (Fsp3) is 0.125. The van der Waals surface area contributed by atoms with Crippen molar-refractivity contribution in [2.24, 2.45) is 4.99 Å². The van der Waals surface area contributed by atoms with E-state index in [9.17, 15) is 14.4 Å². The van der Waals surface area contributed by atoms with Gasteiger partial charge in [-0.15, -0.1) is 0 Å². The van der Waals surface area contributed by atoms with Crippen LogP contribution in [0.2, 0.25) is 0 Å². The number of aromatic nitrogens is 1. The fourth-order valence-corrected chi connectivity index (χ4v) is 3.32. The molecule has 154 valence electrons. The van der Waals surface area contributed by atoms with Crippen LogP contribution in [0.5, 0.6) is 0 Å². The first-order chi connectivity index (χ1) is 15.0. The molecule has 0 fully saturated rings. The molecule has 2 heterocycles. The minimum Gasteiger partial charge on any atom is -0.325 e. The Labute approximate surface area is 179 Å². The molecule has 1 aromatic heterocycles. The second kappa shape index (κ2) is 8.71. The minimum atomic E-state index is -0.372. The zero-order valence-corrected chi connectivity index (χ0v) is 16.9. The molecular formula is C24H20N4O3. The summed E-state index contributed by atoms with van der Waals surface area (Å²) >= 11 is 0. The van der Waals surface area contributed by atoms with Crippen LogP contribution in [0.1, 0.15) is 29.3 Å². The van der Waals surface area contributed by atoms with E-state index in [0.29, 0.717) is 28.5 Å². The number of benzene rings is 2. The Hall–Kier alpha value is -4.13. The van der Waals surface area contributed by atoms with E-state index in [-0.39, 0.29) is 30.6 Å². The molecular weight excluding hydrogens is 392 g/mol. The highest BCUT2D eigenvalue weighted by Gasteiger charge is 2.27. The molecule has 31 heavy (non-hydrogen) atoms. The van der Waals surface area contributed by atoms with E-state index in [1.54, 1.807) is 42.6 Å². The van der Waals surface area contributed by atoms with Crippen molar-refractivity contribution in [2.75, 3.05) is 16.8 Å². The molecule has 4 rings (SSSR count). The smallest absolute Gasteiger partial charge is 0.244 e. The topological polar surface area (TPSA) is 91.7 Å². The lowest BCUT2D eigenvalue weighted by atomic mass is 10.1. The number of rotatable bonds is 5. The van der Waals surface area contributed by atoms with Crippen molar-refractivity contribution < 1.29 is 14.4 Å². The van der Waals surface area contributed by atoms with E-state index in [1.807, 2.05) is 30.3 Å². The largest absolute Gasteiger partial charge is 0.325 e. The van der Waals surface area contributed by atoms with Gasteiger partial charge in [0.15, 0.2) is 11.6 Å². The number of pyridine rings is 1. The minimum absolute atomic E-state index is 0.0510. The lowest BCUT2D eigenvalue weighted by Crippen LogP contribution is -2.39. The summed E-state index contributed by atoms with van der Waals surface area (Å²) < 4.78 is 0. The van der Waals surface area contributed by atoms with Gasteiger partial charge in [0.1, 0.15) is 12.2 Å². The Balaban J connectivity index is 1.56. The Kier molecular flexibility index (Phi) is 5.66. The summed E-state index contributed by atoms with van der Waals surface area (Å²) in [4.78, 5) is 47.5. The number of carbonyl (C=O) groups is 3. The summed E-state index contributed by atoms with van der Waals surface area (Å²) in [5.74, 6) is -0.337. The third kappa shape index (κ3) is 4.56. The van der Waals surface area contributed by atoms with Crippen LogP contribution < -0.4 is 10.2 Å². The molecule has 0 saturated heterocycles.